The van der Waals surface area contributed by atoms with Gasteiger partial charge in [-0.1, -0.05) is 237 Å². The molecule has 9 nitrogen and oxygen atoms in total. The zero-order valence-electron chi connectivity index (χ0n) is 41.1. The number of allylic oxidation sites excluding steroid dienone is 3. The molecule has 1 rings (SSSR count). The van der Waals surface area contributed by atoms with Crippen LogP contribution in [0, 0.1) is 0 Å². The van der Waals surface area contributed by atoms with E-state index in [-0.39, 0.29) is 12.5 Å². The maximum Gasteiger partial charge on any atom is 0.220 e. The second-order valence-corrected chi connectivity index (χ2v) is 19.0. The molecule has 7 atom stereocenters. The van der Waals surface area contributed by atoms with Crippen LogP contribution in [0.2, 0.25) is 0 Å². The van der Waals surface area contributed by atoms with Gasteiger partial charge < -0.3 is 40.3 Å². The number of aliphatic hydroxyl groups is 5. The quantitative estimate of drug-likeness (QED) is 0.0261. The highest BCUT2D eigenvalue weighted by Crippen LogP contribution is 2.23. The van der Waals surface area contributed by atoms with Crippen molar-refractivity contribution < 1.29 is 39.8 Å². The summed E-state index contributed by atoms with van der Waals surface area (Å²) in [5.74, 6) is -0.186. The Labute approximate surface area is 388 Å². The SMILES string of the molecule is CCCC/C=C\CCCCCCCC(=O)NC(COC1OC(CO)C(O)C(O)C1O)C(O)/C=C/CCCCCCCCCCCCCCCCCCCCCCCCCCCCC. The third-order valence-electron chi connectivity index (χ3n) is 13.0. The summed E-state index contributed by atoms with van der Waals surface area (Å²) in [4.78, 5) is 12.9. The Morgan fingerprint density at radius 3 is 1.33 bits per heavy atom. The number of amides is 1. The van der Waals surface area contributed by atoms with Crippen molar-refractivity contribution in [1.82, 2.24) is 5.32 Å². The summed E-state index contributed by atoms with van der Waals surface area (Å²) in [6.07, 6.45) is 48.3. The van der Waals surface area contributed by atoms with Gasteiger partial charge in [0, 0.05) is 6.42 Å². The molecule has 9 heteroatoms. The van der Waals surface area contributed by atoms with E-state index >= 15 is 0 Å². The predicted octanol–water partition coefficient (Wildman–Crippen LogP) is 12.6. The lowest BCUT2D eigenvalue weighted by molar-refractivity contribution is -0.302. The fraction of sp³-hybridized carbons (Fsp3) is 0.907. The molecule has 1 aliphatic heterocycles. The molecule has 0 bridgehead atoms. The van der Waals surface area contributed by atoms with Crippen LogP contribution in [0.3, 0.4) is 0 Å². The van der Waals surface area contributed by atoms with Crippen LogP contribution >= 0.6 is 0 Å². The summed E-state index contributed by atoms with van der Waals surface area (Å²) < 4.78 is 11.2. The summed E-state index contributed by atoms with van der Waals surface area (Å²) in [6.45, 7) is 3.75. The first-order valence-electron chi connectivity index (χ1n) is 27.1. The van der Waals surface area contributed by atoms with E-state index in [2.05, 4.69) is 31.3 Å². The highest BCUT2D eigenvalue weighted by atomic mass is 16.7. The molecular weight excluding hydrogens is 791 g/mol. The number of ether oxygens (including phenoxy) is 2. The van der Waals surface area contributed by atoms with Gasteiger partial charge in [-0.25, -0.2) is 0 Å². The minimum atomic E-state index is -1.57. The van der Waals surface area contributed by atoms with E-state index in [9.17, 15) is 30.3 Å². The normalized spacial score (nSPS) is 20.3. The van der Waals surface area contributed by atoms with Crippen molar-refractivity contribution in [1.29, 1.82) is 0 Å². The van der Waals surface area contributed by atoms with Crippen LogP contribution in [-0.2, 0) is 14.3 Å². The van der Waals surface area contributed by atoms with Gasteiger partial charge >= 0.3 is 0 Å². The molecule has 0 aliphatic carbocycles. The largest absolute Gasteiger partial charge is 0.394 e. The first-order valence-corrected chi connectivity index (χ1v) is 27.1. The Morgan fingerprint density at radius 2 is 0.905 bits per heavy atom. The van der Waals surface area contributed by atoms with Crippen LogP contribution in [0.25, 0.3) is 0 Å². The number of hydrogen-bond acceptors (Lipinski definition) is 8. The van der Waals surface area contributed by atoms with Crippen LogP contribution in [0.4, 0.5) is 0 Å². The molecule has 0 aromatic rings. The van der Waals surface area contributed by atoms with Gasteiger partial charge in [0.05, 0.1) is 25.4 Å². The molecule has 0 aromatic carbocycles. The second kappa shape index (κ2) is 44.5. The van der Waals surface area contributed by atoms with Gasteiger partial charge in [0.15, 0.2) is 6.29 Å². The lowest BCUT2D eigenvalue weighted by atomic mass is 9.99. The average molecular weight is 894 g/mol. The van der Waals surface area contributed by atoms with Gasteiger partial charge in [0.1, 0.15) is 24.4 Å². The van der Waals surface area contributed by atoms with E-state index in [1.807, 2.05) is 6.08 Å². The van der Waals surface area contributed by atoms with Gasteiger partial charge in [-0.05, 0) is 38.5 Å². The zero-order valence-corrected chi connectivity index (χ0v) is 41.1. The maximum atomic E-state index is 12.9. The second-order valence-electron chi connectivity index (χ2n) is 19.0. The molecule has 0 saturated carbocycles. The fourth-order valence-corrected chi connectivity index (χ4v) is 8.67. The van der Waals surface area contributed by atoms with Crippen LogP contribution in [-0.4, -0.2) is 87.5 Å². The molecular formula is C54H103NO8. The molecule has 1 aliphatic rings. The number of carbonyl (C=O) groups is 1. The van der Waals surface area contributed by atoms with Crippen LogP contribution in [0.5, 0.6) is 0 Å². The molecule has 0 spiro atoms. The molecule has 0 radical (unpaired) electrons. The van der Waals surface area contributed by atoms with E-state index < -0.39 is 49.5 Å². The number of rotatable bonds is 46. The van der Waals surface area contributed by atoms with E-state index in [0.717, 1.165) is 64.2 Å². The topological polar surface area (TPSA) is 149 Å². The van der Waals surface area contributed by atoms with Crippen molar-refractivity contribution >= 4 is 5.91 Å². The fourth-order valence-electron chi connectivity index (χ4n) is 8.67. The Bertz CT molecular complexity index is 1040. The monoisotopic (exact) mass is 894 g/mol. The zero-order chi connectivity index (χ0) is 45.9. The number of nitrogens with one attached hydrogen (secondary N) is 1. The molecule has 7 unspecified atom stereocenters. The van der Waals surface area contributed by atoms with Gasteiger partial charge in [-0.3, -0.25) is 4.79 Å². The highest BCUT2D eigenvalue weighted by molar-refractivity contribution is 5.76. The van der Waals surface area contributed by atoms with Gasteiger partial charge in [-0.2, -0.15) is 0 Å². The van der Waals surface area contributed by atoms with E-state index in [4.69, 9.17) is 9.47 Å². The molecule has 1 fully saturated rings. The van der Waals surface area contributed by atoms with E-state index in [0.29, 0.717) is 6.42 Å². The minimum absolute atomic E-state index is 0.186. The Kier molecular flexibility index (Phi) is 42.2. The molecule has 0 aromatic heterocycles. The Hall–Kier alpha value is -1.33. The molecule has 63 heavy (non-hydrogen) atoms. The molecule has 1 amide bonds. The van der Waals surface area contributed by atoms with Gasteiger partial charge in [0.25, 0.3) is 0 Å². The molecule has 372 valence electrons. The standard InChI is InChI=1S/C54H103NO8/c1-3-5-7-9-11-13-15-16-17-18-19-20-21-22-23-24-25-26-27-28-29-30-31-32-34-35-37-39-41-43-48(57)47(46-62-54-53(61)52(60)51(59)49(45-56)63-54)55-50(58)44-42-40-38-36-33-14-12-10-8-6-4-2/h10,12,41,43,47-49,51-54,56-57,59-61H,3-9,11,13-40,42,44-46H2,1-2H3,(H,55,58)/b12-10-,43-41+. The van der Waals surface area contributed by atoms with Crippen LogP contribution in [0.15, 0.2) is 24.3 Å². The number of hydrogen-bond donors (Lipinski definition) is 6. The van der Waals surface area contributed by atoms with Crippen LogP contribution < -0.4 is 5.32 Å². The Balaban J connectivity index is 2.16. The lowest BCUT2D eigenvalue weighted by Gasteiger charge is -2.40. The predicted molar refractivity (Wildman–Crippen MR) is 263 cm³/mol. The molecule has 1 saturated heterocycles. The molecule has 1 heterocycles. The average Bonchev–Trinajstić information content (AvgIpc) is 3.28. The van der Waals surface area contributed by atoms with Crippen molar-refractivity contribution in [3.63, 3.8) is 0 Å². The third kappa shape index (κ3) is 34.6. The van der Waals surface area contributed by atoms with Crippen molar-refractivity contribution in [2.45, 2.75) is 301 Å². The van der Waals surface area contributed by atoms with Crippen molar-refractivity contribution in [2.24, 2.45) is 0 Å². The van der Waals surface area contributed by atoms with Crippen molar-refractivity contribution in [3.05, 3.63) is 24.3 Å². The van der Waals surface area contributed by atoms with Gasteiger partial charge in [0.2, 0.25) is 5.91 Å². The van der Waals surface area contributed by atoms with E-state index in [1.54, 1.807) is 6.08 Å². The molecule has 6 N–H and O–H groups in total. The summed E-state index contributed by atoms with van der Waals surface area (Å²) >= 11 is 0. The summed E-state index contributed by atoms with van der Waals surface area (Å²) in [7, 11) is 0. The number of carbonyl (C=O) groups excluding carboxylic acids is 1. The first kappa shape index (κ1) is 59.7. The smallest absolute Gasteiger partial charge is 0.220 e. The lowest BCUT2D eigenvalue weighted by Crippen LogP contribution is -2.60. The van der Waals surface area contributed by atoms with Crippen molar-refractivity contribution in [2.75, 3.05) is 13.2 Å². The number of unbranched alkanes of at least 4 members (excludes halogenated alkanes) is 34. The minimum Gasteiger partial charge on any atom is -0.394 e. The highest BCUT2D eigenvalue weighted by Gasteiger charge is 2.44. The Morgan fingerprint density at radius 1 is 0.524 bits per heavy atom. The van der Waals surface area contributed by atoms with Crippen molar-refractivity contribution in [3.8, 4) is 0 Å². The summed E-state index contributed by atoms with van der Waals surface area (Å²) in [5, 5.41) is 54.3. The van der Waals surface area contributed by atoms with E-state index in [1.165, 1.54) is 173 Å². The van der Waals surface area contributed by atoms with Gasteiger partial charge in [-0.15, -0.1) is 0 Å². The number of aliphatic hydroxyl groups excluding tert-OH is 5. The summed E-state index contributed by atoms with van der Waals surface area (Å²) in [6, 6.07) is -0.806. The van der Waals surface area contributed by atoms with Crippen LogP contribution in [0.1, 0.15) is 258 Å². The maximum absolute atomic E-state index is 12.9. The summed E-state index contributed by atoms with van der Waals surface area (Å²) in [5.41, 5.74) is 0. The third-order valence-corrected chi connectivity index (χ3v) is 13.0. The first-order chi connectivity index (χ1) is 30.8.